The van der Waals surface area contributed by atoms with Gasteiger partial charge in [0.05, 0.1) is 6.61 Å². The van der Waals surface area contributed by atoms with Gasteiger partial charge in [0.15, 0.2) is 12.2 Å². The first kappa shape index (κ1) is 29.3. The topological polar surface area (TPSA) is 166 Å². The molecule has 0 bridgehead atoms. The van der Waals surface area contributed by atoms with Crippen LogP contribution in [0, 0.1) is 0 Å². The summed E-state index contributed by atoms with van der Waals surface area (Å²) in [5.74, 6) is -1.12. The normalized spacial score (nSPS) is 19.9. The van der Waals surface area contributed by atoms with Crippen LogP contribution in [-0.2, 0) is 33.3 Å². The Kier molecular flexibility index (Phi) is 16.6. The summed E-state index contributed by atoms with van der Waals surface area (Å²) in [4.78, 5) is 36.6. The van der Waals surface area contributed by atoms with E-state index >= 15 is 0 Å². The predicted molar refractivity (Wildman–Crippen MR) is 123 cm³/mol. The molecule has 192 valence electrons. The fourth-order valence-corrected chi connectivity index (χ4v) is 3.50. The lowest BCUT2D eigenvalue weighted by molar-refractivity contribution is -0.168. The molecule has 0 unspecified atom stereocenters. The highest BCUT2D eigenvalue weighted by Gasteiger charge is 2.43. The number of hydrogen-bond donors (Lipinski definition) is 3. The molecule has 6 N–H and O–H groups in total. The van der Waals surface area contributed by atoms with Gasteiger partial charge in [-0.15, -0.1) is 0 Å². The van der Waals surface area contributed by atoms with E-state index in [0.717, 1.165) is 38.5 Å². The van der Waals surface area contributed by atoms with Crippen molar-refractivity contribution in [2.45, 2.75) is 95.4 Å². The van der Waals surface area contributed by atoms with Gasteiger partial charge in [0.2, 0.25) is 0 Å². The number of hydrogen-bond acceptors (Lipinski definition) is 10. The van der Waals surface area contributed by atoms with E-state index in [-0.39, 0.29) is 38.0 Å². The SMILES string of the molecule is NCCCCCC(=O)OC[C@H]1OC[C@H](OC(=O)CCCCCN)[C@@H]1OC(=O)CCCCCN. The predicted octanol–water partition coefficient (Wildman–Crippen LogP) is 1.31. The number of carbonyl (C=O) groups is 3. The summed E-state index contributed by atoms with van der Waals surface area (Å²) >= 11 is 0. The van der Waals surface area contributed by atoms with E-state index < -0.39 is 24.3 Å². The molecule has 0 spiro atoms. The molecule has 1 fully saturated rings. The molecule has 0 aromatic heterocycles. The molecule has 1 heterocycles. The Hall–Kier alpha value is -1.75. The summed E-state index contributed by atoms with van der Waals surface area (Å²) in [6.07, 6.45) is 5.71. The summed E-state index contributed by atoms with van der Waals surface area (Å²) in [5.41, 5.74) is 16.4. The average Bonchev–Trinajstić information content (AvgIpc) is 3.16. The zero-order chi connectivity index (χ0) is 24.3. The number of esters is 3. The van der Waals surface area contributed by atoms with Crippen molar-refractivity contribution < 1.29 is 33.3 Å². The third kappa shape index (κ3) is 13.5. The Morgan fingerprint density at radius 2 is 1.15 bits per heavy atom. The summed E-state index contributed by atoms with van der Waals surface area (Å²) in [6, 6.07) is 0. The van der Waals surface area contributed by atoms with Gasteiger partial charge in [-0.1, -0.05) is 19.3 Å². The quantitative estimate of drug-likeness (QED) is 0.141. The van der Waals surface area contributed by atoms with Gasteiger partial charge in [-0.05, 0) is 58.2 Å². The van der Waals surface area contributed by atoms with E-state index in [0.29, 0.717) is 45.3 Å². The van der Waals surface area contributed by atoms with E-state index in [1.807, 2.05) is 0 Å². The second-order valence-corrected chi connectivity index (χ2v) is 8.34. The van der Waals surface area contributed by atoms with Gasteiger partial charge in [-0.3, -0.25) is 14.4 Å². The van der Waals surface area contributed by atoms with Crippen LogP contribution in [0.2, 0.25) is 0 Å². The van der Waals surface area contributed by atoms with E-state index in [2.05, 4.69) is 0 Å². The van der Waals surface area contributed by atoms with Crippen LogP contribution in [0.25, 0.3) is 0 Å². The highest BCUT2D eigenvalue weighted by atomic mass is 16.6. The molecule has 0 aromatic rings. The molecule has 0 saturated carbocycles. The molecular weight excluding hydrogens is 430 g/mol. The van der Waals surface area contributed by atoms with Crippen molar-refractivity contribution in [1.82, 2.24) is 0 Å². The summed E-state index contributed by atoms with van der Waals surface area (Å²) in [5, 5.41) is 0. The Labute approximate surface area is 197 Å². The van der Waals surface area contributed by atoms with Gasteiger partial charge in [0.25, 0.3) is 0 Å². The van der Waals surface area contributed by atoms with E-state index in [1.165, 1.54) is 0 Å². The van der Waals surface area contributed by atoms with Crippen molar-refractivity contribution in [3.05, 3.63) is 0 Å². The van der Waals surface area contributed by atoms with Crippen LogP contribution in [0.4, 0.5) is 0 Å². The number of unbranched alkanes of at least 4 members (excludes halogenated alkanes) is 6. The molecular formula is C23H43N3O7. The Morgan fingerprint density at radius 3 is 1.67 bits per heavy atom. The zero-order valence-electron chi connectivity index (χ0n) is 19.8. The summed E-state index contributed by atoms with van der Waals surface area (Å²) < 4.78 is 22.1. The molecule has 1 aliphatic heterocycles. The van der Waals surface area contributed by atoms with Crippen LogP contribution in [-0.4, -0.2) is 69.1 Å². The minimum absolute atomic E-state index is 0.0641. The lowest BCUT2D eigenvalue weighted by Gasteiger charge is -2.23. The smallest absolute Gasteiger partial charge is 0.306 e. The maximum Gasteiger partial charge on any atom is 0.306 e. The second kappa shape index (κ2) is 18.7. The first-order valence-corrected chi connectivity index (χ1v) is 12.3. The molecule has 0 aromatic carbocycles. The van der Waals surface area contributed by atoms with Crippen LogP contribution >= 0.6 is 0 Å². The van der Waals surface area contributed by atoms with Crippen LogP contribution in [0.3, 0.4) is 0 Å². The lowest BCUT2D eigenvalue weighted by atomic mass is 10.1. The van der Waals surface area contributed by atoms with Crippen molar-refractivity contribution in [1.29, 1.82) is 0 Å². The Morgan fingerprint density at radius 1 is 0.667 bits per heavy atom. The fourth-order valence-electron chi connectivity index (χ4n) is 3.50. The first-order chi connectivity index (χ1) is 16.0. The molecule has 0 radical (unpaired) electrons. The van der Waals surface area contributed by atoms with Gasteiger partial charge in [-0.2, -0.15) is 0 Å². The molecule has 10 heteroatoms. The van der Waals surface area contributed by atoms with E-state index in [9.17, 15) is 14.4 Å². The zero-order valence-corrected chi connectivity index (χ0v) is 19.8. The minimum Gasteiger partial charge on any atom is -0.463 e. The average molecular weight is 474 g/mol. The van der Waals surface area contributed by atoms with Crippen LogP contribution < -0.4 is 17.2 Å². The molecule has 33 heavy (non-hydrogen) atoms. The van der Waals surface area contributed by atoms with Gasteiger partial charge in [0, 0.05) is 19.3 Å². The largest absolute Gasteiger partial charge is 0.463 e. The standard InChI is InChI=1S/C23H43N3O7/c24-13-7-1-4-10-20(27)31-16-18-23(33-22(29)12-6-3-9-15-26)19(17-30-18)32-21(28)11-5-2-8-14-25/h18-19,23H,1-17,24-26H2/t18-,19+,23-/m1/s1. The number of carbonyl (C=O) groups excluding carboxylic acids is 3. The monoisotopic (exact) mass is 473 g/mol. The van der Waals surface area contributed by atoms with Gasteiger partial charge in [-0.25, -0.2) is 0 Å². The fraction of sp³-hybridized carbons (Fsp3) is 0.870. The van der Waals surface area contributed by atoms with Crippen molar-refractivity contribution in [2.24, 2.45) is 17.2 Å². The van der Waals surface area contributed by atoms with Crippen LogP contribution in [0.1, 0.15) is 77.0 Å². The molecule has 1 rings (SSSR count). The molecule has 0 aliphatic carbocycles. The molecule has 0 amide bonds. The maximum absolute atomic E-state index is 12.3. The molecule has 3 atom stereocenters. The van der Waals surface area contributed by atoms with Crippen LogP contribution in [0.15, 0.2) is 0 Å². The van der Waals surface area contributed by atoms with E-state index in [1.54, 1.807) is 0 Å². The molecule has 1 saturated heterocycles. The minimum atomic E-state index is -0.815. The first-order valence-electron chi connectivity index (χ1n) is 12.3. The third-order valence-electron chi connectivity index (χ3n) is 5.42. The highest BCUT2D eigenvalue weighted by Crippen LogP contribution is 2.23. The molecule has 10 nitrogen and oxygen atoms in total. The number of rotatable bonds is 19. The van der Waals surface area contributed by atoms with Crippen molar-refractivity contribution >= 4 is 17.9 Å². The summed E-state index contributed by atoms with van der Waals surface area (Å²) in [7, 11) is 0. The maximum atomic E-state index is 12.3. The van der Waals surface area contributed by atoms with Crippen molar-refractivity contribution in [3.8, 4) is 0 Å². The van der Waals surface area contributed by atoms with Gasteiger partial charge >= 0.3 is 17.9 Å². The third-order valence-corrected chi connectivity index (χ3v) is 5.42. The van der Waals surface area contributed by atoms with Crippen LogP contribution in [0.5, 0.6) is 0 Å². The molecule has 1 aliphatic rings. The Balaban J connectivity index is 2.57. The Bertz CT molecular complexity index is 562. The highest BCUT2D eigenvalue weighted by molar-refractivity contribution is 5.71. The second-order valence-electron chi connectivity index (χ2n) is 8.34. The van der Waals surface area contributed by atoms with Gasteiger partial charge in [0.1, 0.15) is 12.7 Å². The van der Waals surface area contributed by atoms with Crippen molar-refractivity contribution in [3.63, 3.8) is 0 Å². The lowest BCUT2D eigenvalue weighted by Crippen LogP contribution is -2.40. The number of nitrogens with two attached hydrogens (primary N) is 3. The number of ether oxygens (including phenoxy) is 4. The van der Waals surface area contributed by atoms with Gasteiger partial charge < -0.3 is 36.1 Å². The van der Waals surface area contributed by atoms with Crippen molar-refractivity contribution in [2.75, 3.05) is 32.8 Å². The van der Waals surface area contributed by atoms with E-state index in [4.69, 9.17) is 36.1 Å². The summed E-state index contributed by atoms with van der Waals surface area (Å²) in [6.45, 7) is 1.78.